The molecule has 2 aromatic carbocycles. The Bertz CT molecular complexity index is 1090. The number of H-pyrrole nitrogens is 1. The Morgan fingerprint density at radius 3 is 2.59 bits per heavy atom. The van der Waals surface area contributed by atoms with E-state index < -0.39 is 6.04 Å². The fourth-order valence-electron chi connectivity index (χ4n) is 4.64. The van der Waals surface area contributed by atoms with Gasteiger partial charge in [0, 0.05) is 48.5 Å². The van der Waals surface area contributed by atoms with Gasteiger partial charge in [-0.15, -0.1) is 11.8 Å². The van der Waals surface area contributed by atoms with E-state index >= 15 is 0 Å². The molecule has 0 bridgehead atoms. The number of piperidine rings is 1. The van der Waals surface area contributed by atoms with Crippen molar-refractivity contribution in [2.45, 2.75) is 31.5 Å². The van der Waals surface area contributed by atoms with Crippen molar-refractivity contribution in [1.82, 2.24) is 20.1 Å². The number of likely N-dealkylation sites (tertiary alicyclic amines) is 1. The average molecular weight is 449 g/mol. The topological polar surface area (TPSA) is 68.4 Å². The molecule has 2 aliphatic rings. The lowest BCUT2D eigenvalue weighted by Crippen LogP contribution is -2.52. The predicted molar refractivity (Wildman–Crippen MR) is 128 cm³/mol. The quantitative estimate of drug-likeness (QED) is 0.627. The third kappa shape index (κ3) is 4.40. The van der Waals surface area contributed by atoms with Crippen LogP contribution in [-0.2, 0) is 11.3 Å². The number of para-hydroxylation sites is 1. The van der Waals surface area contributed by atoms with Gasteiger partial charge >= 0.3 is 0 Å². The molecule has 7 heteroatoms. The summed E-state index contributed by atoms with van der Waals surface area (Å²) in [5.41, 5.74) is 2.89. The van der Waals surface area contributed by atoms with Crippen LogP contribution in [0.5, 0.6) is 0 Å². The number of carbonyl (C=O) groups excluding carboxylic acids is 2. The maximum absolute atomic E-state index is 13.3. The Labute approximate surface area is 192 Å². The van der Waals surface area contributed by atoms with E-state index in [1.165, 1.54) is 5.56 Å². The summed E-state index contributed by atoms with van der Waals surface area (Å²) in [6.07, 6.45) is 3.64. The zero-order valence-corrected chi connectivity index (χ0v) is 18.8. The monoisotopic (exact) mass is 448 g/mol. The first kappa shape index (κ1) is 21.1. The summed E-state index contributed by atoms with van der Waals surface area (Å²) in [4.78, 5) is 33.7. The van der Waals surface area contributed by atoms with Crippen molar-refractivity contribution in [2.75, 3.05) is 24.7 Å². The molecule has 1 aromatic heterocycles. The highest BCUT2D eigenvalue weighted by atomic mass is 32.2. The molecule has 6 nitrogen and oxygen atoms in total. The Morgan fingerprint density at radius 2 is 1.78 bits per heavy atom. The van der Waals surface area contributed by atoms with E-state index in [4.69, 9.17) is 0 Å². The second-order valence-corrected chi connectivity index (χ2v) is 9.58. The molecule has 0 aliphatic carbocycles. The van der Waals surface area contributed by atoms with E-state index in [1.807, 2.05) is 30.3 Å². The normalized spacial score (nSPS) is 20.0. The van der Waals surface area contributed by atoms with Crippen molar-refractivity contribution in [3.8, 4) is 0 Å². The highest BCUT2D eigenvalue weighted by Gasteiger charge is 2.37. The second-order valence-electron chi connectivity index (χ2n) is 8.58. The molecule has 2 aliphatic heterocycles. The van der Waals surface area contributed by atoms with Crippen LogP contribution in [0, 0.1) is 0 Å². The molecule has 166 valence electrons. The maximum atomic E-state index is 13.3. The lowest BCUT2D eigenvalue weighted by atomic mass is 10.0. The first-order valence-electron chi connectivity index (χ1n) is 11.2. The fourth-order valence-corrected chi connectivity index (χ4v) is 5.79. The molecule has 3 aromatic rings. The minimum Gasteiger partial charge on any atom is -0.360 e. The lowest BCUT2D eigenvalue weighted by molar-refractivity contribution is -0.125. The number of nitrogens with zero attached hydrogens (tertiary/aromatic N) is 2. The number of hydrogen-bond acceptors (Lipinski definition) is 4. The Kier molecular flexibility index (Phi) is 6.19. The van der Waals surface area contributed by atoms with Crippen LogP contribution in [0.2, 0.25) is 0 Å². The van der Waals surface area contributed by atoms with Gasteiger partial charge in [0.25, 0.3) is 5.91 Å². The third-order valence-electron chi connectivity index (χ3n) is 6.45. The van der Waals surface area contributed by atoms with Crippen LogP contribution in [0.15, 0.2) is 60.8 Å². The summed E-state index contributed by atoms with van der Waals surface area (Å²) in [6, 6.07) is 18.0. The van der Waals surface area contributed by atoms with Crippen molar-refractivity contribution in [3.05, 3.63) is 71.9 Å². The Hall–Kier alpha value is -2.77. The number of amides is 2. The highest BCUT2D eigenvalue weighted by Crippen LogP contribution is 2.27. The van der Waals surface area contributed by atoms with E-state index in [9.17, 15) is 9.59 Å². The van der Waals surface area contributed by atoms with E-state index in [-0.39, 0.29) is 17.9 Å². The Morgan fingerprint density at radius 1 is 1.03 bits per heavy atom. The minimum absolute atomic E-state index is 0.0234. The number of carbonyl (C=O) groups is 2. The number of benzene rings is 2. The molecule has 2 fully saturated rings. The molecule has 1 atom stereocenters. The van der Waals surface area contributed by atoms with Crippen molar-refractivity contribution >= 4 is 34.5 Å². The van der Waals surface area contributed by atoms with Gasteiger partial charge in [-0.3, -0.25) is 14.5 Å². The van der Waals surface area contributed by atoms with E-state index in [2.05, 4.69) is 39.5 Å². The molecule has 0 saturated carbocycles. The largest absolute Gasteiger partial charge is 0.360 e. The number of nitrogens with one attached hydrogen (secondary N) is 2. The highest BCUT2D eigenvalue weighted by molar-refractivity contribution is 7.99. The summed E-state index contributed by atoms with van der Waals surface area (Å²) in [6.45, 7) is 2.89. The van der Waals surface area contributed by atoms with Gasteiger partial charge in [-0.1, -0.05) is 48.5 Å². The summed E-state index contributed by atoms with van der Waals surface area (Å²) < 4.78 is 0. The Balaban J connectivity index is 1.18. The second kappa shape index (κ2) is 9.38. The molecule has 0 radical (unpaired) electrons. The van der Waals surface area contributed by atoms with Crippen LogP contribution < -0.4 is 5.32 Å². The van der Waals surface area contributed by atoms with Gasteiger partial charge < -0.3 is 15.2 Å². The molecule has 2 saturated heterocycles. The van der Waals surface area contributed by atoms with Gasteiger partial charge in [-0.25, -0.2) is 0 Å². The van der Waals surface area contributed by atoms with Crippen LogP contribution in [-0.4, -0.2) is 63.4 Å². The van der Waals surface area contributed by atoms with E-state index in [0.717, 1.165) is 43.4 Å². The SMILES string of the molecule is O=C(NC1CCN(Cc2ccccc2)CC1)[C@H]1CSCN1C(=O)c1c[nH]c2ccccc12. The zero-order valence-electron chi connectivity index (χ0n) is 18.0. The molecule has 0 spiro atoms. The number of aromatic nitrogens is 1. The van der Waals surface area contributed by atoms with Crippen molar-refractivity contribution in [3.63, 3.8) is 0 Å². The van der Waals surface area contributed by atoms with Gasteiger partial charge in [0.05, 0.1) is 11.4 Å². The molecule has 2 N–H and O–H groups in total. The van der Waals surface area contributed by atoms with Gasteiger partial charge in [-0.05, 0) is 24.5 Å². The average Bonchev–Trinajstić information content (AvgIpc) is 3.48. The molecular weight excluding hydrogens is 420 g/mol. The smallest absolute Gasteiger partial charge is 0.257 e. The van der Waals surface area contributed by atoms with Crippen LogP contribution in [0.4, 0.5) is 0 Å². The van der Waals surface area contributed by atoms with Crippen molar-refractivity contribution in [2.24, 2.45) is 0 Å². The van der Waals surface area contributed by atoms with Crippen LogP contribution >= 0.6 is 11.8 Å². The van der Waals surface area contributed by atoms with Gasteiger partial charge in [0.2, 0.25) is 5.91 Å². The summed E-state index contributed by atoms with van der Waals surface area (Å²) in [5.74, 6) is 1.09. The number of thioether (sulfide) groups is 1. The summed E-state index contributed by atoms with van der Waals surface area (Å²) in [7, 11) is 0. The summed E-state index contributed by atoms with van der Waals surface area (Å²) in [5, 5.41) is 4.13. The van der Waals surface area contributed by atoms with Crippen LogP contribution in [0.3, 0.4) is 0 Å². The number of fused-ring (bicyclic) bond motifs is 1. The van der Waals surface area contributed by atoms with E-state index in [0.29, 0.717) is 17.2 Å². The molecule has 2 amide bonds. The fraction of sp³-hybridized carbons (Fsp3) is 0.360. The minimum atomic E-state index is -0.413. The molecule has 0 unspecified atom stereocenters. The standard InChI is InChI=1S/C25H28N4O2S/c30-24(27-19-10-12-28(13-11-19)15-18-6-2-1-3-7-18)23-16-32-17-29(23)25(31)21-14-26-22-9-5-4-8-20(21)22/h1-9,14,19,23,26H,10-13,15-17H2,(H,27,30)/t23-/m1/s1. The first-order chi connectivity index (χ1) is 15.7. The summed E-state index contributed by atoms with van der Waals surface area (Å²) >= 11 is 1.64. The molecule has 32 heavy (non-hydrogen) atoms. The number of aromatic amines is 1. The van der Waals surface area contributed by atoms with Crippen molar-refractivity contribution in [1.29, 1.82) is 0 Å². The molecule has 3 heterocycles. The van der Waals surface area contributed by atoms with Gasteiger partial charge in [0.1, 0.15) is 6.04 Å². The molecule has 5 rings (SSSR count). The van der Waals surface area contributed by atoms with Crippen molar-refractivity contribution < 1.29 is 9.59 Å². The first-order valence-corrected chi connectivity index (χ1v) is 12.4. The van der Waals surface area contributed by atoms with Crippen LogP contribution in [0.1, 0.15) is 28.8 Å². The van der Waals surface area contributed by atoms with Crippen LogP contribution in [0.25, 0.3) is 10.9 Å². The van der Waals surface area contributed by atoms with Gasteiger partial charge in [0.15, 0.2) is 0 Å². The van der Waals surface area contributed by atoms with E-state index in [1.54, 1.807) is 22.9 Å². The third-order valence-corrected chi connectivity index (χ3v) is 7.46. The number of rotatable bonds is 5. The number of hydrogen-bond donors (Lipinski definition) is 2. The van der Waals surface area contributed by atoms with Gasteiger partial charge in [-0.2, -0.15) is 0 Å². The molecular formula is C25H28N4O2S. The zero-order chi connectivity index (χ0) is 21.9. The maximum Gasteiger partial charge on any atom is 0.257 e. The lowest BCUT2D eigenvalue weighted by Gasteiger charge is -2.33. The predicted octanol–water partition coefficient (Wildman–Crippen LogP) is 3.46.